The number of hydrogen-bond donors (Lipinski definition) is 0. The molecule has 6 heteroatoms. The van der Waals surface area contributed by atoms with Crippen molar-refractivity contribution in [1.82, 2.24) is 14.6 Å². The maximum atomic E-state index is 12.8. The summed E-state index contributed by atoms with van der Waals surface area (Å²) >= 11 is 0. The second-order valence-corrected chi connectivity index (χ2v) is 5.74. The topological polar surface area (TPSA) is 59.7 Å². The van der Waals surface area contributed by atoms with Crippen LogP contribution in [0.15, 0.2) is 79.4 Å². The summed E-state index contributed by atoms with van der Waals surface area (Å²) in [4.78, 5) is 18.5. The molecule has 0 saturated heterocycles. The normalized spacial score (nSPS) is 10.7. The Bertz CT molecular complexity index is 1040. The molecule has 26 heavy (non-hydrogen) atoms. The minimum Gasteiger partial charge on any atom is -0.457 e. The Balaban J connectivity index is 1.54. The second kappa shape index (κ2) is 6.68. The molecular weight excluding hydrogens is 328 g/mol. The zero-order valence-electron chi connectivity index (χ0n) is 14.1. The van der Waals surface area contributed by atoms with Crippen LogP contribution in [0.3, 0.4) is 0 Å². The van der Waals surface area contributed by atoms with Gasteiger partial charge in [-0.15, -0.1) is 0 Å². The van der Waals surface area contributed by atoms with Gasteiger partial charge in [-0.2, -0.15) is 5.10 Å². The summed E-state index contributed by atoms with van der Waals surface area (Å²) < 4.78 is 7.41. The van der Waals surface area contributed by atoms with Crippen molar-refractivity contribution in [3.05, 3.63) is 84.9 Å². The molecule has 6 nitrogen and oxygen atoms in total. The number of rotatable bonds is 4. The van der Waals surface area contributed by atoms with Gasteiger partial charge in [-0.05, 0) is 36.4 Å². The number of aromatic nitrogens is 3. The van der Waals surface area contributed by atoms with Crippen molar-refractivity contribution >= 4 is 17.1 Å². The fraction of sp³-hybridized carbons (Fsp3) is 0.0500. The van der Waals surface area contributed by atoms with E-state index in [1.165, 1.54) is 0 Å². The molecule has 0 aliphatic carbocycles. The molecule has 0 aliphatic rings. The van der Waals surface area contributed by atoms with Crippen LogP contribution in [0.2, 0.25) is 0 Å². The van der Waals surface area contributed by atoms with Gasteiger partial charge in [0.1, 0.15) is 11.5 Å². The van der Waals surface area contributed by atoms with E-state index >= 15 is 0 Å². The first-order valence-electron chi connectivity index (χ1n) is 8.11. The van der Waals surface area contributed by atoms with E-state index in [2.05, 4.69) is 10.1 Å². The molecule has 2 aromatic heterocycles. The third-order valence-corrected chi connectivity index (χ3v) is 4.06. The minimum atomic E-state index is -0.148. The van der Waals surface area contributed by atoms with Crippen molar-refractivity contribution in [2.24, 2.45) is 0 Å². The average molecular weight is 344 g/mol. The third-order valence-electron chi connectivity index (χ3n) is 4.06. The van der Waals surface area contributed by atoms with E-state index in [0.29, 0.717) is 16.8 Å². The third kappa shape index (κ3) is 3.00. The molecule has 2 aromatic carbocycles. The summed E-state index contributed by atoms with van der Waals surface area (Å²) in [6.45, 7) is 0. The van der Waals surface area contributed by atoms with Gasteiger partial charge in [0.05, 0.1) is 23.5 Å². The molecule has 0 unspecified atom stereocenters. The zero-order valence-corrected chi connectivity index (χ0v) is 14.1. The lowest BCUT2D eigenvalue weighted by molar-refractivity contribution is 0.0994. The highest BCUT2D eigenvalue weighted by Gasteiger charge is 2.18. The van der Waals surface area contributed by atoms with Crippen molar-refractivity contribution in [3.8, 4) is 11.5 Å². The number of para-hydroxylation sites is 1. The first-order chi connectivity index (χ1) is 12.7. The number of ether oxygens (including phenoxy) is 1. The molecule has 0 radical (unpaired) electrons. The summed E-state index contributed by atoms with van der Waals surface area (Å²) in [6, 6.07) is 16.9. The highest BCUT2D eigenvalue weighted by molar-refractivity contribution is 6.09. The van der Waals surface area contributed by atoms with Crippen LogP contribution in [0.4, 0.5) is 5.69 Å². The van der Waals surface area contributed by atoms with Crippen molar-refractivity contribution < 1.29 is 9.53 Å². The number of anilines is 1. The Kier molecular flexibility index (Phi) is 4.07. The number of carbonyl (C=O) groups is 1. The van der Waals surface area contributed by atoms with E-state index in [4.69, 9.17) is 4.74 Å². The second-order valence-electron chi connectivity index (χ2n) is 5.74. The number of nitrogens with zero attached hydrogens (tertiary/aromatic N) is 4. The predicted octanol–water partition coefficient (Wildman–Crippen LogP) is 3.80. The summed E-state index contributed by atoms with van der Waals surface area (Å²) in [5.41, 5.74) is 1.94. The van der Waals surface area contributed by atoms with E-state index < -0.39 is 0 Å². The Hall–Kier alpha value is -3.67. The van der Waals surface area contributed by atoms with E-state index in [0.717, 1.165) is 11.4 Å². The number of carbonyl (C=O) groups excluding carboxylic acids is 1. The van der Waals surface area contributed by atoms with Crippen LogP contribution in [-0.2, 0) is 0 Å². The van der Waals surface area contributed by atoms with E-state index in [9.17, 15) is 4.79 Å². The summed E-state index contributed by atoms with van der Waals surface area (Å²) in [5.74, 6) is 1.33. The predicted molar refractivity (Wildman–Crippen MR) is 98.7 cm³/mol. The molecule has 0 fully saturated rings. The van der Waals surface area contributed by atoms with Gasteiger partial charge >= 0.3 is 0 Å². The van der Waals surface area contributed by atoms with Crippen LogP contribution in [-0.4, -0.2) is 27.6 Å². The largest absolute Gasteiger partial charge is 0.457 e. The number of hydrogen-bond acceptors (Lipinski definition) is 4. The molecule has 0 spiro atoms. The first kappa shape index (κ1) is 15.8. The lowest BCUT2D eigenvalue weighted by Gasteiger charge is -2.17. The smallest absolute Gasteiger partial charge is 0.261 e. The number of benzene rings is 2. The number of amides is 1. The van der Waals surface area contributed by atoms with Crippen molar-refractivity contribution in [1.29, 1.82) is 0 Å². The average Bonchev–Trinajstić information content (AvgIpc) is 3.12. The molecule has 0 aliphatic heterocycles. The lowest BCUT2D eigenvalue weighted by Crippen LogP contribution is -2.26. The summed E-state index contributed by atoms with van der Waals surface area (Å²) in [5, 5.41) is 4.19. The Morgan fingerprint density at radius 3 is 2.50 bits per heavy atom. The van der Waals surface area contributed by atoms with Gasteiger partial charge in [-0.25, -0.2) is 4.52 Å². The Morgan fingerprint density at radius 1 is 1.00 bits per heavy atom. The molecule has 0 N–H and O–H groups in total. The lowest BCUT2D eigenvalue weighted by atomic mass is 10.2. The van der Waals surface area contributed by atoms with Gasteiger partial charge in [0.2, 0.25) is 0 Å². The first-order valence-corrected chi connectivity index (χ1v) is 8.11. The quantitative estimate of drug-likeness (QED) is 0.565. The van der Waals surface area contributed by atoms with Gasteiger partial charge < -0.3 is 9.64 Å². The van der Waals surface area contributed by atoms with Crippen LogP contribution in [0, 0.1) is 0 Å². The van der Waals surface area contributed by atoms with Gasteiger partial charge in [0, 0.05) is 25.1 Å². The van der Waals surface area contributed by atoms with Crippen LogP contribution >= 0.6 is 0 Å². The fourth-order valence-electron chi connectivity index (χ4n) is 2.66. The number of fused-ring (bicyclic) bond motifs is 1. The Labute approximate surface area is 150 Å². The Morgan fingerprint density at radius 2 is 1.73 bits per heavy atom. The minimum absolute atomic E-state index is 0.148. The standard InChI is InChI=1S/C20H16N4O2/c1-23(20(25)18-13-22-24-12-11-21-14-19(18)24)15-7-9-17(10-8-15)26-16-5-3-2-4-6-16/h2-14H,1H3. The molecule has 0 bridgehead atoms. The molecule has 4 aromatic rings. The van der Waals surface area contributed by atoms with Gasteiger partial charge in [-0.3, -0.25) is 9.78 Å². The van der Waals surface area contributed by atoms with E-state index in [1.807, 2.05) is 54.6 Å². The van der Waals surface area contributed by atoms with Crippen LogP contribution in [0.1, 0.15) is 10.4 Å². The summed E-state index contributed by atoms with van der Waals surface area (Å²) in [7, 11) is 1.73. The maximum Gasteiger partial charge on any atom is 0.261 e. The highest BCUT2D eigenvalue weighted by Crippen LogP contribution is 2.25. The molecule has 0 saturated carbocycles. The molecular formula is C20H16N4O2. The zero-order chi connectivity index (χ0) is 17.9. The van der Waals surface area contributed by atoms with Crippen molar-refractivity contribution in [2.45, 2.75) is 0 Å². The molecule has 2 heterocycles. The van der Waals surface area contributed by atoms with Crippen molar-refractivity contribution in [2.75, 3.05) is 11.9 Å². The monoisotopic (exact) mass is 344 g/mol. The molecule has 128 valence electrons. The summed E-state index contributed by atoms with van der Waals surface area (Å²) in [6.07, 6.45) is 6.53. The van der Waals surface area contributed by atoms with E-state index in [-0.39, 0.29) is 5.91 Å². The van der Waals surface area contributed by atoms with Gasteiger partial charge in [-0.1, -0.05) is 18.2 Å². The fourth-order valence-corrected chi connectivity index (χ4v) is 2.66. The molecule has 1 amide bonds. The molecule has 0 atom stereocenters. The van der Waals surface area contributed by atoms with Crippen LogP contribution in [0.25, 0.3) is 5.52 Å². The SMILES string of the molecule is CN(C(=O)c1cnn2ccncc12)c1ccc(Oc2ccccc2)cc1. The van der Waals surface area contributed by atoms with Gasteiger partial charge in [0.25, 0.3) is 5.91 Å². The van der Waals surface area contributed by atoms with Crippen molar-refractivity contribution in [3.63, 3.8) is 0 Å². The highest BCUT2D eigenvalue weighted by atomic mass is 16.5. The van der Waals surface area contributed by atoms with Gasteiger partial charge in [0.15, 0.2) is 0 Å². The van der Waals surface area contributed by atoms with E-state index in [1.54, 1.807) is 41.3 Å². The van der Waals surface area contributed by atoms with Crippen LogP contribution in [0.5, 0.6) is 11.5 Å². The molecule has 4 rings (SSSR count). The van der Waals surface area contributed by atoms with Crippen LogP contribution < -0.4 is 9.64 Å². The maximum absolute atomic E-state index is 12.8.